The van der Waals surface area contributed by atoms with Crippen LogP contribution in [0.1, 0.15) is 12.0 Å². The van der Waals surface area contributed by atoms with Gasteiger partial charge in [0.1, 0.15) is 0 Å². The molecule has 1 aromatic rings. The summed E-state index contributed by atoms with van der Waals surface area (Å²) < 4.78 is 10.7. The average Bonchev–Trinajstić information content (AvgIpc) is 2.97. The third-order valence-electron chi connectivity index (χ3n) is 3.18. The summed E-state index contributed by atoms with van der Waals surface area (Å²) in [6.07, 6.45) is 4.19. The zero-order chi connectivity index (χ0) is 14.9. The molecule has 0 aromatic heterocycles. The fraction of sp³-hybridized carbons (Fsp3) is 0.533. The number of nitrogens with zero attached hydrogens (tertiary/aromatic N) is 1. The van der Waals surface area contributed by atoms with Crippen molar-refractivity contribution in [1.29, 1.82) is 0 Å². The van der Waals surface area contributed by atoms with Crippen LogP contribution in [0.15, 0.2) is 23.2 Å². The van der Waals surface area contributed by atoms with Crippen molar-refractivity contribution >= 4 is 41.7 Å². The van der Waals surface area contributed by atoms with Crippen molar-refractivity contribution in [3.05, 3.63) is 23.8 Å². The van der Waals surface area contributed by atoms with E-state index in [0.717, 1.165) is 43.4 Å². The zero-order valence-electron chi connectivity index (χ0n) is 13.1. The third kappa shape index (κ3) is 6.12. The van der Waals surface area contributed by atoms with Gasteiger partial charge in [-0.05, 0) is 42.5 Å². The summed E-state index contributed by atoms with van der Waals surface area (Å²) in [5.74, 6) is 3.70. The Balaban J connectivity index is 0.00000242. The third-order valence-corrected chi connectivity index (χ3v) is 3.88. The van der Waals surface area contributed by atoms with Crippen molar-refractivity contribution < 1.29 is 9.47 Å². The van der Waals surface area contributed by atoms with Crippen molar-refractivity contribution in [2.75, 3.05) is 38.9 Å². The second-order valence-electron chi connectivity index (χ2n) is 4.71. The number of benzene rings is 1. The first-order valence-corrected chi connectivity index (χ1v) is 8.55. The molecule has 0 radical (unpaired) electrons. The van der Waals surface area contributed by atoms with Gasteiger partial charge >= 0.3 is 0 Å². The van der Waals surface area contributed by atoms with E-state index in [-0.39, 0.29) is 24.0 Å². The highest BCUT2D eigenvalue weighted by Crippen LogP contribution is 2.32. The molecule has 0 unspecified atom stereocenters. The van der Waals surface area contributed by atoms with E-state index in [1.807, 2.05) is 23.9 Å². The molecular formula is C15H24IN3O2S. The molecule has 0 spiro atoms. The van der Waals surface area contributed by atoms with Gasteiger partial charge in [0.2, 0.25) is 6.79 Å². The SMILES string of the molecule is CN=C(NCCCSC)NCCc1ccc2c(c1)OCO2.I. The predicted molar refractivity (Wildman–Crippen MR) is 104 cm³/mol. The van der Waals surface area contributed by atoms with Gasteiger partial charge < -0.3 is 20.1 Å². The first kappa shape index (κ1) is 19.2. The molecule has 5 nitrogen and oxygen atoms in total. The summed E-state index contributed by atoms with van der Waals surface area (Å²) in [4.78, 5) is 4.22. The topological polar surface area (TPSA) is 54.9 Å². The molecule has 0 atom stereocenters. The number of hydrogen-bond donors (Lipinski definition) is 2. The zero-order valence-corrected chi connectivity index (χ0v) is 16.2. The molecule has 1 aromatic carbocycles. The van der Waals surface area contributed by atoms with Crippen molar-refractivity contribution in [3.8, 4) is 11.5 Å². The van der Waals surface area contributed by atoms with Crippen LogP contribution in [0.2, 0.25) is 0 Å². The molecule has 0 saturated heterocycles. The number of fused-ring (bicyclic) bond motifs is 1. The maximum atomic E-state index is 5.38. The minimum absolute atomic E-state index is 0. The Morgan fingerprint density at radius 1 is 1.23 bits per heavy atom. The number of aliphatic imine (C=N–C) groups is 1. The molecule has 124 valence electrons. The largest absolute Gasteiger partial charge is 0.454 e. The minimum atomic E-state index is 0. The molecule has 0 saturated carbocycles. The van der Waals surface area contributed by atoms with Gasteiger partial charge in [0.25, 0.3) is 0 Å². The highest BCUT2D eigenvalue weighted by Gasteiger charge is 2.12. The quantitative estimate of drug-likeness (QED) is 0.297. The van der Waals surface area contributed by atoms with Gasteiger partial charge in [0, 0.05) is 20.1 Å². The second kappa shape index (κ2) is 10.8. The Hall–Kier alpha value is -0.830. The average molecular weight is 437 g/mol. The van der Waals surface area contributed by atoms with Crippen LogP contribution in [0.4, 0.5) is 0 Å². The molecule has 1 aliphatic heterocycles. The second-order valence-corrected chi connectivity index (χ2v) is 5.70. The number of halogens is 1. The Morgan fingerprint density at radius 2 is 2.00 bits per heavy atom. The van der Waals surface area contributed by atoms with Crippen LogP contribution >= 0.6 is 35.7 Å². The van der Waals surface area contributed by atoms with Crippen LogP contribution in [0.3, 0.4) is 0 Å². The fourth-order valence-electron chi connectivity index (χ4n) is 2.07. The van der Waals surface area contributed by atoms with E-state index in [4.69, 9.17) is 9.47 Å². The molecule has 1 aliphatic rings. The normalized spacial score (nSPS) is 12.7. The van der Waals surface area contributed by atoms with E-state index >= 15 is 0 Å². The van der Waals surface area contributed by atoms with Crippen molar-refractivity contribution in [2.24, 2.45) is 4.99 Å². The molecule has 0 fully saturated rings. The van der Waals surface area contributed by atoms with Crippen molar-refractivity contribution in [2.45, 2.75) is 12.8 Å². The molecule has 22 heavy (non-hydrogen) atoms. The predicted octanol–water partition coefficient (Wildman–Crippen LogP) is 2.49. The van der Waals surface area contributed by atoms with Crippen molar-refractivity contribution in [1.82, 2.24) is 10.6 Å². The van der Waals surface area contributed by atoms with Gasteiger partial charge in [0.05, 0.1) is 0 Å². The summed E-state index contributed by atoms with van der Waals surface area (Å²) in [5.41, 5.74) is 1.23. The number of ether oxygens (including phenoxy) is 2. The first-order valence-electron chi connectivity index (χ1n) is 7.15. The molecule has 7 heteroatoms. The van der Waals surface area contributed by atoms with E-state index < -0.39 is 0 Å². The number of thioether (sulfide) groups is 1. The van der Waals surface area contributed by atoms with Gasteiger partial charge in [-0.2, -0.15) is 11.8 Å². The van der Waals surface area contributed by atoms with E-state index in [1.54, 1.807) is 7.05 Å². The maximum Gasteiger partial charge on any atom is 0.231 e. The summed E-state index contributed by atoms with van der Waals surface area (Å²) in [6, 6.07) is 6.08. The lowest BCUT2D eigenvalue weighted by Crippen LogP contribution is -2.38. The lowest BCUT2D eigenvalue weighted by molar-refractivity contribution is 0.174. The van der Waals surface area contributed by atoms with Crippen LogP contribution in [0.25, 0.3) is 0 Å². The van der Waals surface area contributed by atoms with Crippen LogP contribution in [-0.2, 0) is 6.42 Å². The van der Waals surface area contributed by atoms with Gasteiger partial charge in [-0.15, -0.1) is 24.0 Å². The maximum absolute atomic E-state index is 5.38. The lowest BCUT2D eigenvalue weighted by atomic mass is 10.1. The van der Waals surface area contributed by atoms with Gasteiger partial charge in [-0.1, -0.05) is 6.07 Å². The lowest BCUT2D eigenvalue weighted by Gasteiger charge is -2.11. The fourth-order valence-corrected chi connectivity index (χ4v) is 2.50. The van der Waals surface area contributed by atoms with E-state index in [1.165, 1.54) is 11.3 Å². The highest BCUT2D eigenvalue weighted by atomic mass is 127. The first-order chi connectivity index (χ1) is 10.3. The van der Waals surface area contributed by atoms with Crippen LogP contribution in [-0.4, -0.2) is 44.9 Å². The monoisotopic (exact) mass is 437 g/mol. The summed E-state index contributed by atoms with van der Waals surface area (Å²) in [7, 11) is 1.80. The van der Waals surface area contributed by atoms with Gasteiger partial charge in [-0.3, -0.25) is 4.99 Å². The summed E-state index contributed by atoms with van der Waals surface area (Å²) in [6.45, 7) is 2.11. The Morgan fingerprint density at radius 3 is 2.77 bits per heavy atom. The molecule has 0 aliphatic carbocycles. The molecule has 2 N–H and O–H groups in total. The van der Waals surface area contributed by atoms with E-state index in [0.29, 0.717) is 6.79 Å². The van der Waals surface area contributed by atoms with Gasteiger partial charge in [-0.25, -0.2) is 0 Å². The van der Waals surface area contributed by atoms with E-state index in [9.17, 15) is 0 Å². The van der Waals surface area contributed by atoms with Crippen LogP contribution < -0.4 is 20.1 Å². The highest BCUT2D eigenvalue weighted by molar-refractivity contribution is 14.0. The molecule has 2 rings (SSSR count). The number of rotatable bonds is 7. The molecule has 1 heterocycles. The Bertz CT molecular complexity index is 486. The molecular weight excluding hydrogens is 413 g/mol. The van der Waals surface area contributed by atoms with Crippen LogP contribution in [0.5, 0.6) is 11.5 Å². The molecule has 0 amide bonds. The summed E-state index contributed by atoms with van der Waals surface area (Å²) >= 11 is 1.86. The van der Waals surface area contributed by atoms with Gasteiger partial charge in [0.15, 0.2) is 17.5 Å². The number of nitrogens with one attached hydrogen (secondary N) is 2. The van der Waals surface area contributed by atoms with Crippen LogP contribution in [0, 0.1) is 0 Å². The number of guanidine groups is 1. The summed E-state index contributed by atoms with van der Waals surface area (Å²) in [5, 5.41) is 6.64. The minimum Gasteiger partial charge on any atom is -0.454 e. The molecule has 0 bridgehead atoms. The van der Waals surface area contributed by atoms with E-state index in [2.05, 4.69) is 27.9 Å². The van der Waals surface area contributed by atoms with Crippen molar-refractivity contribution in [3.63, 3.8) is 0 Å². The Kier molecular flexibility index (Phi) is 9.45. The smallest absolute Gasteiger partial charge is 0.231 e. The standard InChI is InChI=1S/C15H23N3O2S.HI/c1-16-15(17-7-3-9-21-2)18-8-6-12-4-5-13-14(10-12)20-11-19-13;/h4-5,10H,3,6-9,11H2,1-2H3,(H2,16,17,18);1H. The number of hydrogen-bond acceptors (Lipinski definition) is 4. The Labute approximate surface area is 153 Å².